The van der Waals surface area contributed by atoms with Crippen molar-refractivity contribution < 1.29 is 13.2 Å². The van der Waals surface area contributed by atoms with Crippen molar-refractivity contribution in [2.45, 2.75) is 33.1 Å². The van der Waals surface area contributed by atoms with Crippen LogP contribution in [0.1, 0.15) is 33.5 Å². The van der Waals surface area contributed by atoms with Gasteiger partial charge in [0.15, 0.2) is 5.65 Å². The number of halogens is 3. The molecule has 3 heterocycles. The quantitative estimate of drug-likeness (QED) is 0.470. The number of nitrogen functional groups attached to an aromatic ring is 1. The maximum absolute atomic E-state index is 13.0. The fourth-order valence-electron chi connectivity index (χ4n) is 3.60. The molecule has 0 saturated carbocycles. The number of rotatable bonds is 5. The lowest BCUT2D eigenvalue weighted by molar-refractivity contribution is -0.137. The van der Waals surface area contributed by atoms with Crippen LogP contribution in [0.2, 0.25) is 0 Å². The molecule has 0 amide bonds. The SMILES string of the molecule is Cc1cc(N)nc(C)c1CNc1ncnc2nn(Cc3ccc(C(F)(F)F)cc3C#N)cc12. The summed E-state index contributed by atoms with van der Waals surface area (Å²) in [6, 6.07) is 6.72. The van der Waals surface area contributed by atoms with E-state index in [0.717, 1.165) is 29.0 Å². The van der Waals surface area contributed by atoms with E-state index in [4.69, 9.17) is 5.73 Å². The third-order valence-electron chi connectivity index (χ3n) is 5.26. The summed E-state index contributed by atoms with van der Waals surface area (Å²) in [6.07, 6.45) is -1.45. The molecule has 0 fully saturated rings. The molecule has 11 heteroatoms. The molecule has 33 heavy (non-hydrogen) atoms. The minimum absolute atomic E-state index is 0.0596. The molecular weight excluding hydrogens is 433 g/mol. The predicted octanol–water partition coefficient (Wildman–Crippen LogP) is 3.97. The average Bonchev–Trinajstić information content (AvgIpc) is 3.15. The van der Waals surface area contributed by atoms with E-state index in [1.807, 2.05) is 19.9 Å². The van der Waals surface area contributed by atoms with E-state index in [2.05, 4.69) is 25.4 Å². The predicted molar refractivity (Wildman–Crippen MR) is 116 cm³/mol. The topological polar surface area (TPSA) is 118 Å². The van der Waals surface area contributed by atoms with Crippen molar-refractivity contribution in [1.29, 1.82) is 5.26 Å². The molecule has 8 nitrogen and oxygen atoms in total. The first-order chi connectivity index (χ1) is 15.7. The zero-order chi connectivity index (χ0) is 23.8. The van der Waals surface area contributed by atoms with E-state index in [9.17, 15) is 18.4 Å². The Bertz CT molecular complexity index is 1360. The number of benzene rings is 1. The Hall–Kier alpha value is -4.20. The van der Waals surface area contributed by atoms with Gasteiger partial charge in [-0.1, -0.05) is 6.07 Å². The van der Waals surface area contributed by atoms with Gasteiger partial charge in [-0.15, -0.1) is 0 Å². The third kappa shape index (κ3) is 4.55. The number of fused-ring (bicyclic) bond motifs is 1. The second-order valence-electron chi connectivity index (χ2n) is 7.55. The van der Waals surface area contributed by atoms with Crippen LogP contribution in [0, 0.1) is 25.2 Å². The van der Waals surface area contributed by atoms with Crippen molar-refractivity contribution in [3.63, 3.8) is 0 Å². The van der Waals surface area contributed by atoms with Gasteiger partial charge in [0.25, 0.3) is 0 Å². The molecule has 3 N–H and O–H groups in total. The summed E-state index contributed by atoms with van der Waals surface area (Å²) in [4.78, 5) is 12.8. The Labute approximate surface area is 186 Å². The molecule has 3 aromatic heterocycles. The van der Waals surface area contributed by atoms with Crippen LogP contribution in [-0.4, -0.2) is 24.7 Å². The van der Waals surface area contributed by atoms with Gasteiger partial charge in [-0.25, -0.2) is 15.0 Å². The van der Waals surface area contributed by atoms with Crippen molar-refractivity contribution in [2.24, 2.45) is 0 Å². The summed E-state index contributed by atoms with van der Waals surface area (Å²) in [7, 11) is 0. The van der Waals surface area contributed by atoms with Gasteiger partial charge in [0.05, 0.1) is 29.1 Å². The Kier molecular flexibility index (Phi) is 5.59. The van der Waals surface area contributed by atoms with Crippen LogP contribution in [0.5, 0.6) is 0 Å². The molecule has 0 unspecified atom stereocenters. The standard InChI is InChI=1S/C22H19F3N8/c1-12-5-19(27)31-13(2)17(12)8-28-20-18-10-33(32-21(18)30-11-29-20)9-14-3-4-16(22(23,24)25)6-15(14)7-26/h3-6,10-11H,8-9H2,1-2H3,(H2,27,31)(H,28,29,30,32). The molecule has 0 aliphatic rings. The summed E-state index contributed by atoms with van der Waals surface area (Å²) in [6.45, 7) is 4.40. The highest BCUT2D eigenvalue weighted by Gasteiger charge is 2.31. The molecule has 0 aliphatic heterocycles. The first-order valence-electron chi connectivity index (χ1n) is 9.90. The summed E-state index contributed by atoms with van der Waals surface area (Å²) in [5.41, 5.74) is 8.50. The van der Waals surface area contributed by atoms with Gasteiger partial charge in [0, 0.05) is 18.4 Å². The molecule has 0 radical (unpaired) electrons. The Morgan fingerprint density at radius 3 is 2.67 bits per heavy atom. The molecule has 0 atom stereocenters. The fourth-order valence-corrected chi connectivity index (χ4v) is 3.60. The zero-order valence-electron chi connectivity index (χ0n) is 17.8. The molecule has 1 aromatic carbocycles. The van der Waals surface area contributed by atoms with Crippen molar-refractivity contribution in [3.8, 4) is 6.07 Å². The monoisotopic (exact) mass is 452 g/mol. The lowest BCUT2D eigenvalue weighted by Gasteiger charge is -2.12. The van der Waals surface area contributed by atoms with Crippen LogP contribution in [0.15, 0.2) is 36.8 Å². The van der Waals surface area contributed by atoms with Crippen molar-refractivity contribution in [2.75, 3.05) is 11.1 Å². The number of nitriles is 1. The Balaban J connectivity index is 1.60. The highest BCUT2D eigenvalue weighted by molar-refractivity contribution is 5.85. The zero-order valence-corrected chi connectivity index (χ0v) is 17.8. The highest BCUT2D eigenvalue weighted by atomic mass is 19.4. The third-order valence-corrected chi connectivity index (χ3v) is 5.26. The van der Waals surface area contributed by atoms with Crippen LogP contribution < -0.4 is 11.1 Å². The molecule has 0 saturated heterocycles. The van der Waals surface area contributed by atoms with Gasteiger partial charge in [0.2, 0.25) is 0 Å². The number of nitrogens with one attached hydrogen (secondary N) is 1. The minimum atomic E-state index is -4.52. The van der Waals surface area contributed by atoms with Crippen LogP contribution in [-0.2, 0) is 19.3 Å². The number of alkyl halides is 3. The van der Waals surface area contributed by atoms with Gasteiger partial charge in [-0.05, 0) is 48.7 Å². The molecule has 0 spiro atoms. The number of nitrogens with zero attached hydrogens (tertiary/aromatic N) is 6. The number of nitrogens with two attached hydrogens (primary N) is 1. The van der Waals surface area contributed by atoms with Crippen LogP contribution in [0.3, 0.4) is 0 Å². The Morgan fingerprint density at radius 1 is 1.18 bits per heavy atom. The maximum atomic E-state index is 13.0. The molecule has 168 valence electrons. The van der Waals surface area contributed by atoms with Gasteiger partial charge >= 0.3 is 6.18 Å². The number of pyridine rings is 1. The molecule has 0 bridgehead atoms. The normalized spacial score (nSPS) is 11.5. The summed E-state index contributed by atoms with van der Waals surface area (Å²) in [5.74, 6) is 1.01. The van der Waals surface area contributed by atoms with Gasteiger partial charge < -0.3 is 11.1 Å². The maximum Gasteiger partial charge on any atom is 0.416 e. The van der Waals surface area contributed by atoms with Crippen LogP contribution >= 0.6 is 0 Å². The fraction of sp³-hybridized carbons (Fsp3) is 0.227. The summed E-state index contributed by atoms with van der Waals surface area (Å²) in [5, 5.41) is 17.6. The highest BCUT2D eigenvalue weighted by Crippen LogP contribution is 2.31. The largest absolute Gasteiger partial charge is 0.416 e. The van der Waals surface area contributed by atoms with E-state index >= 15 is 0 Å². The number of anilines is 2. The number of hydrogen-bond donors (Lipinski definition) is 2. The second-order valence-corrected chi connectivity index (χ2v) is 7.55. The van der Waals surface area contributed by atoms with Gasteiger partial charge in [0.1, 0.15) is 18.0 Å². The van der Waals surface area contributed by atoms with Gasteiger partial charge in [-0.3, -0.25) is 4.68 Å². The second kappa shape index (κ2) is 8.38. The number of hydrogen-bond acceptors (Lipinski definition) is 7. The average molecular weight is 452 g/mol. The molecule has 4 aromatic rings. The van der Waals surface area contributed by atoms with Crippen molar-refractivity contribution >= 4 is 22.7 Å². The van der Waals surface area contributed by atoms with E-state index in [0.29, 0.717) is 34.8 Å². The van der Waals surface area contributed by atoms with E-state index in [-0.39, 0.29) is 12.1 Å². The molecular formula is C22H19F3N8. The molecule has 4 rings (SSSR count). The first kappa shape index (κ1) is 22.0. The smallest absolute Gasteiger partial charge is 0.384 e. The number of aryl methyl sites for hydroxylation is 2. The van der Waals surface area contributed by atoms with Gasteiger partial charge in [-0.2, -0.15) is 23.5 Å². The van der Waals surface area contributed by atoms with Crippen LogP contribution in [0.4, 0.5) is 24.8 Å². The van der Waals surface area contributed by atoms with E-state index in [1.54, 1.807) is 12.3 Å². The van der Waals surface area contributed by atoms with Crippen LogP contribution in [0.25, 0.3) is 11.0 Å². The number of aromatic nitrogens is 5. The van der Waals surface area contributed by atoms with E-state index in [1.165, 1.54) is 17.1 Å². The Morgan fingerprint density at radius 2 is 1.97 bits per heavy atom. The van der Waals surface area contributed by atoms with Crippen molar-refractivity contribution in [1.82, 2.24) is 24.7 Å². The molecule has 0 aliphatic carbocycles. The summed E-state index contributed by atoms with van der Waals surface area (Å²) < 4.78 is 40.4. The lowest BCUT2D eigenvalue weighted by Crippen LogP contribution is -2.08. The van der Waals surface area contributed by atoms with Crippen molar-refractivity contribution in [3.05, 3.63) is 70.3 Å². The van der Waals surface area contributed by atoms with E-state index < -0.39 is 11.7 Å². The lowest BCUT2D eigenvalue weighted by atomic mass is 10.0. The first-order valence-corrected chi connectivity index (χ1v) is 9.90. The minimum Gasteiger partial charge on any atom is -0.384 e. The summed E-state index contributed by atoms with van der Waals surface area (Å²) >= 11 is 0.